The molecule has 3 fully saturated rings. The van der Waals surface area contributed by atoms with Crippen LogP contribution in [0.4, 0.5) is 15.4 Å². The molecule has 5 rings (SSSR count). The van der Waals surface area contributed by atoms with E-state index in [1.54, 1.807) is 11.8 Å². The lowest BCUT2D eigenvalue weighted by atomic mass is 10.1. The van der Waals surface area contributed by atoms with Crippen molar-refractivity contribution in [3.05, 3.63) is 0 Å². The van der Waals surface area contributed by atoms with Crippen molar-refractivity contribution >= 4 is 49.9 Å². The fourth-order valence-electron chi connectivity index (χ4n) is 3.68. The van der Waals surface area contributed by atoms with Crippen LogP contribution in [0.15, 0.2) is 0 Å². The van der Waals surface area contributed by atoms with Gasteiger partial charge in [0.2, 0.25) is 27.2 Å². The van der Waals surface area contributed by atoms with Gasteiger partial charge in [0.1, 0.15) is 6.10 Å². The van der Waals surface area contributed by atoms with Gasteiger partial charge in [0.15, 0.2) is 0 Å². The van der Waals surface area contributed by atoms with Crippen LogP contribution in [0.5, 0.6) is 5.19 Å². The highest BCUT2D eigenvalue weighted by molar-refractivity contribution is 7.19. The number of rotatable bonds is 8. The molecule has 1 aliphatic heterocycles. The molecule has 1 N–H and O–H groups in total. The third-order valence-corrected chi connectivity index (χ3v) is 7.38. The van der Waals surface area contributed by atoms with E-state index in [0.29, 0.717) is 27.8 Å². The molecule has 2 aromatic heterocycles. The van der Waals surface area contributed by atoms with E-state index in [1.807, 2.05) is 0 Å². The van der Waals surface area contributed by atoms with Gasteiger partial charge >= 0.3 is 0 Å². The van der Waals surface area contributed by atoms with Crippen LogP contribution in [0.2, 0.25) is 0 Å². The van der Waals surface area contributed by atoms with Gasteiger partial charge in [-0.15, -0.1) is 15.3 Å². The lowest BCUT2D eigenvalue weighted by Crippen LogP contribution is -2.38. The van der Waals surface area contributed by atoms with Crippen molar-refractivity contribution in [2.24, 2.45) is 5.92 Å². The molecule has 2 aliphatic carbocycles. The number of piperidine rings is 1. The normalized spacial score (nSPS) is 19.3. The van der Waals surface area contributed by atoms with E-state index in [4.69, 9.17) is 4.74 Å². The molecule has 2 aromatic rings. The summed E-state index contributed by atoms with van der Waals surface area (Å²) in [4.78, 5) is 27.7. The quantitative estimate of drug-likeness (QED) is 0.636. The average molecular weight is 464 g/mol. The fraction of sp³-hybridized carbons (Fsp3) is 0.684. The molecule has 0 unspecified atom stereocenters. The Morgan fingerprint density at radius 2 is 1.84 bits per heavy atom. The Kier molecular flexibility index (Phi) is 5.74. The van der Waals surface area contributed by atoms with Crippen molar-refractivity contribution in [1.29, 1.82) is 0 Å². The molecule has 31 heavy (non-hydrogen) atoms. The summed E-state index contributed by atoms with van der Waals surface area (Å²) in [6, 6.07) is 0.261. The number of hydrogen-bond donors (Lipinski definition) is 1. The van der Waals surface area contributed by atoms with Gasteiger partial charge in [-0.25, -0.2) is 0 Å². The van der Waals surface area contributed by atoms with E-state index in [9.17, 15) is 9.59 Å². The monoisotopic (exact) mass is 463 g/mol. The van der Waals surface area contributed by atoms with Crippen LogP contribution in [0.25, 0.3) is 0 Å². The molecule has 0 spiro atoms. The third-order valence-electron chi connectivity index (χ3n) is 5.66. The summed E-state index contributed by atoms with van der Waals surface area (Å²) in [5.74, 6) is 0.576. The van der Waals surface area contributed by atoms with Gasteiger partial charge in [-0.1, -0.05) is 16.4 Å². The summed E-state index contributed by atoms with van der Waals surface area (Å²) in [5.41, 5.74) is 0. The number of anilines is 3. The van der Waals surface area contributed by atoms with E-state index in [1.165, 1.54) is 22.7 Å². The topological polar surface area (TPSA) is 113 Å². The molecule has 3 heterocycles. The van der Waals surface area contributed by atoms with E-state index in [2.05, 4.69) is 30.6 Å². The molecule has 12 heteroatoms. The maximum absolute atomic E-state index is 12.0. The standard InChI is InChI=1S/C19H25N7O3S2/c1-11(27)26(13-4-5-13)18-23-24-19(31-18)29-14-6-8-25(9-7-14)17-22-21-16(30-17)20-15(28)10-12-2-3-12/h12-14H,2-10H2,1H3,(H,20,21,28). The number of hydrogen-bond acceptors (Lipinski definition) is 10. The third kappa shape index (κ3) is 5.12. The summed E-state index contributed by atoms with van der Waals surface area (Å²) in [6.07, 6.45) is 6.63. The van der Waals surface area contributed by atoms with Crippen LogP contribution < -0.4 is 19.9 Å². The van der Waals surface area contributed by atoms with Crippen LogP contribution in [-0.4, -0.2) is 57.4 Å². The Labute approximate surface area is 188 Å². The minimum absolute atomic E-state index is 0.00124. The van der Waals surface area contributed by atoms with Crippen molar-refractivity contribution in [1.82, 2.24) is 20.4 Å². The maximum Gasteiger partial charge on any atom is 0.296 e. The van der Waals surface area contributed by atoms with Gasteiger partial charge in [0.25, 0.3) is 5.19 Å². The number of amides is 2. The second-order valence-electron chi connectivity index (χ2n) is 8.36. The fourth-order valence-corrected chi connectivity index (χ4v) is 5.38. The highest BCUT2D eigenvalue weighted by atomic mass is 32.1. The van der Waals surface area contributed by atoms with Crippen LogP contribution in [-0.2, 0) is 9.59 Å². The molecule has 0 aromatic carbocycles. The first kappa shape index (κ1) is 20.6. The minimum atomic E-state index is -0.00124. The molecule has 2 amide bonds. The van der Waals surface area contributed by atoms with Crippen molar-refractivity contribution in [3.63, 3.8) is 0 Å². The molecule has 1 saturated heterocycles. The summed E-state index contributed by atoms with van der Waals surface area (Å²) in [6.45, 7) is 3.15. The Morgan fingerprint density at radius 3 is 2.52 bits per heavy atom. The van der Waals surface area contributed by atoms with Gasteiger partial charge in [-0.2, -0.15) is 0 Å². The second kappa shape index (κ2) is 8.65. The Balaban J connectivity index is 1.11. The lowest BCUT2D eigenvalue weighted by Gasteiger charge is -2.30. The Morgan fingerprint density at radius 1 is 1.06 bits per heavy atom. The number of nitrogens with one attached hydrogen (secondary N) is 1. The van der Waals surface area contributed by atoms with E-state index in [-0.39, 0.29) is 24.0 Å². The zero-order valence-electron chi connectivity index (χ0n) is 17.3. The highest BCUT2D eigenvalue weighted by Crippen LogP contribution is 2.36. The molecule has 0 radical (unpaired) electrons. The van der Waals surface area contributed by atoms with Crippen molar-refractivity contribution in [3.8, 4) is 5.19 Å². The summed E-state index contributed by atoms with van der Waals surface area (Å²) >= 11 is 2.74. The van der Waals surface area contributed by atoms with Crippen LogP contribution in [0.3, 0.4) is 0 Å². The highest BCUT2D eigenvalue weighted by Gasteiger charge is 2.34. The lowest BCUT2D eigenvalue weighted by molar-refractivity contribution is -0.117. The van der Waals surface area contributed by atoms with E-state index in [0.717, 1.165) is 56.7 Å². The molecule has 166 valence electrons. The second-order valence-corrected chi connectivity index (χ2v) is 10.2. The first-order chi connectivity index (χ1) is 15.0. The van der Waals surface area contributed by atoms with Gasteiger partial charge in [0, 0.05) is 45.3 Å². The van der Waals surface area contributed by atoms with Crippen molar-refractivity contribution < 1.29 is 14.3 Å². The number of ether oxygens (including phenoxy) is 1. The summed E-state index contributed by atoms with van der Waals surface area (Å²) in [7, 11) is 0. The number of aromatic nitrogens is 4. The largest absolute Gasteiger partial charge is 0.465 e. The Hall–Kier alpha value is -2.34. The predicted octanol–water partition coefficient (Wildman–Crippen LogP) is 2.69. The number of nitrogens with zero attached hydrogens (tertiary/aromatic N) is 6. The molecule has 0 bridgehead atoms. The zero-order chi connectivity index (χ0) is 21.4. The van der Waals surface area contributed by atoms with Crippen LogP contribution in [0, 0.1) is 5.92 Å². The van der Waals surface area contributed by atoms with Crippen molar-refractivity contribution in [2.75, 3.05) is 28.2 Å². The minimum Gasteiger partial charge on any atom is -0.465 e. The molecule has 2 saturated carbocycles. The van der Waals surface area contributed by atoms with Gasteiger partial charge in [0.05, 0.1) is 0 Å². The Bertz CT molecular complexity index is 948. The SMILES string of the molecule is CC(=O)N(c1nnc(OC2CCN(c3nnc(NC(=O)CC4CC4)s3)CC2)s1)C1CC1. The van der Waals surface area contributed by atoms with Gasteiger partial charge in [-0.3, -0.25) is 14.5 Å². The molecule has 0 atom stereocenters. The molecular weight excluding hydrogens is 438 g/mol. The van der Waals surface area contributed by atoms with E-state index >= 15 is 0 Å². The maximum atomic E-state index is 12.0. The average Bonchev–Trinajstić information content (AvgIpc) is 3.64. The smallest absolute Gasteiger partial charge is 0.296 e. The summed E-state index contributed by atoms with van der Waals surface area (Å²) < 4.78 is 6.04. The molecular formula is C19H25N7O3S2. The van der Waals surface area contributed by atoms with Crippen LogP contribution in [0.1, 0.15) is 51.9 Å². The first-order valence-electron chi connectivity index (χ1n) is 10.7. The molecule has 3 aliphatic rings. The van der Waals surface area contributed by atoms with Gasteiger partial charge in [-0.05, 0) is 42.9 Å². The van der Waals surface area contributed by atoms with Gasteiger partial charge < -0.3 is 15.0 Å². The predicted molar refractivity (Wildman–Crippen MR) is 118 cm³/mol. The first-order valence-corrected chi connectivity index (χ1v) is 12.4. The zero-order valence-corrected chi connectivity index (χ0v) is 19.0. The molecule has 10 nitrogen and oxygen atoms in total. The van der Waals surface area contributed by atoms with Crippen molar-refractivity contribution in [2.45, 2.75) is 64.0 Å². The number of carbonyl (C=O) groups excluding carboxylic acids is 2. The van der Waals surface area contributed by atoms with E-state index < -0.39 is 0 Å². The number of carbonyl (C=O) groups is 2. The summed E-state index contributed by atoms with van der Waals surface area (Å²) in [5, 5.41) is 22.0. The van der Waals surface area contributed by atoms with Crippen LogP contribution >= 0.6 is 22.7 Å².